The monoisotopic (exact) mass is 294 g/mol. The summed E-state index contributed by atoms with van der Waals surface area (Å²) in [6.45, 7) is 10.0. The third kappa shape index (κ3) is 3.34. The molecule has 0 aliphatic carbocycles. The van der Waals surface area contributed by atoms with E-state index in [2.05, 4.69) is 24.5 Å². The Bertz CT molecular complexity index is 754. The van der Waals surface area contributed by atoms with E-state index in [9.17, 15) is 0 Å². The van der Waals surface area contributed by atoms with Crippen LogP contribution in [0.15, 0.2) is 55.6 Å². The molecule has 104 valence electrons. The highest BCUT2D eigenvalue weighted by molar-refractivity contribution is 6.31. The first-order valence-electron chi connectivity index (χ1n) is 6.44. The maximum absolute atomic E-state index is 9.01. The number of nitriles is 1. The summed E-state index contributed by atoms with van der Waals surface area (Å²) in [5.41, 5.74) is 4.96. The molecule has 0 amide bonds. The lowest BCUT2D eigenvalue weighted by Gasteiger charge is -2.14. The van der Waals surface area contributed by atoms with Gasteiger partial charge in [-0.1, -0.05) is 54.6 Å². The molecule has 0 heterocycles. The molecule has 0 spiro atoms. The summed E-state index contributed by atoms with van der Waals surface area (Å²) >= 11 is 5.93. The highest BCUT2D eigenvalue weighted by atomic mass is 35.5. The SMILES string of the molecule is C=C(C)c1ccccc1C(=C)Nc1ccc(Cl)c(C#N)c1. The number of anilines is 1. The van der Waals surface area contributed by atoms with E-state index in [4.69, 9.17) is 16.9 Å². The fourth-order valence-corrected chi connectivity index (χ4v) is 2.21. The Labute approximate surface area is 130 Å². The van der Waals surface area contributed by atoms with Crippen LogP contribution < -0.4 is 5.32 Å². The maximum atomic E-state index is 9.01. The standard InChI is InChI=1S/C18H15ClN2/c1-12(2)16-6-4-5-7-17(16)13(3)21-15-8-9-18(19)14(10-15)11-20/h4-10,21H,1,3H2,2H3. The average molecular weight is 295 g/mol. The Hall–Kier alpha value is -2.50. The highest BCUT2D eigenvalue weighted by Gasteiger charge is 2.07. The van der Waals surface area contributed by atoms with Gasteiger partial charge in [0.1, 0.15) is 6.07 Å². The van der Waals surface area contributed by atoms with Crippen molar-refractivity contribution < 1.29 is 0 Å². The molecular weight excluding hydrogens is 280 g/mol. The van der Waals surface area contributed by atoms with Crippen LogP contribution in [0, 0.1) is 11.3 Å². The number of nitrogens with one attached hydrogen (secondary N) is 1. The first-order valence-corrected chi connectivity index (χ1v) is 6.81. The van der Waals surface area contributed by atoms with Gasteiger partial charge in [0.15, 0.2) is 0 Å². The Morgan fingerprint density at radius 2 is 1.81 bits per heavy atom. The molecule has 2 rings (SSSR count). The van der Waals surface area contributed by atoms with E-state index in [1.165, 1.54) is 0 Å². The molecule has 2 aromatic rings. The Kier molecular flexibility index (Phi) is 4.47. The fraction of sp³-hybridized carbons (Fsp3) is 0.0556. The van der Waals surface area contributed by atoms with Crippen LogP contribution in [-0.2, 0) is 0 Å². The minimum Gasteiger partial charge on any atom is -0.355 e. The first kappa shape index (κ1) is 14.9. The van der Waals surface area contributed by atoms with Gasteiger partial charge in [0.2, 0.25) is 0 Å². The van der Waals surface area contributed by atoms with Crippen LogP contribution in [0.1, 0.15) is 23.6 Å². The van der Waals surface area contributed by atoms with Crippen molar-refractivity contribution in [2.75, 3.05) is 5.32 Å². The van der Waals surface area contributed by atoms with E-state index in [1.54, 1.807) is 12.1 Å². The van der Waals surface area contributed by atoms with Crippen LogP contribution in [0.4, 0.5) is 5.69 Å². The molecule has 1 N–H and O–H groups in total. The van der Waals surface area contributed by atoms with Gasteiger partial charge < -0.3 is 5.32 Å². The number of hydrogen-bond donors (Lipinski definition) is 1. The number of halogens is 1. The van der Waals surface area contributed by atoms with Crippen molar-refractivity contribution in [2.45, 2.75) is 6.92 Å². The summed E-state index contributed by atoms with van der Waals surface area (Å²) in [4.78, 5) is 0. The predicted octanol–water partition coefficient (Wildman–Crippen LogP) is 5.33. The van der Waals surface area contributed by atoms with E-state index in [0.29, 0.717) is 10.6 Å². The van der Waals surface area contributed by atoms with Crippen LogP contribution in [0.25, 0.3) is 11.3 Å². The van der Waals surface area contributed by atoms with E-state index >= 15 is 0 Å². The van der Waals surface area contributed by atoms with Crippen molar-refractivity contribution >= 4 is 28.6 Å². The molecule has 0 aliphatic rings. The summed E-state index contributed by atoms with van der Waals surface area (Å²) in [6.07, 6.45) is 0. The molecule has 0 saturated heterocycles. The lowest BCUT2D eigenvalue weighted by atomic mass is 10.00. The zero-order valence-electron chi connectivity index (χ0n) is 11.8. The molecule has 2 aromatic carbocycles. The first-order chi connectivity index (χ1) is 10.0. The van der Waals surface area contributed by atoms with E-state index in [-0.39, 0.29) is 0 Å². The van der Waals surface area contributed by atoms with E-state index in [0.717, 1.165) is 28.1 Å². The summed E-state index contributed by atoms with van der Waals surface area (Å²) in [5, 5.41) is 12.7. The Morgan fingerprint density at radius 1 is 1.14 bits per heavy atom. The normalized spacial score (nSPS) is 9.76. The van der Waals surface area contributed by atoms with Gasteiger partial charge in [0, 0.05) is 16.9 Å². The minimum absolute atomic E-state index is 0.433. The molecule has 2 nitrogen and oxygen atoms in total. The average Bonchev–Trinajstić information content (AvgIpc) is 2.49. The third-order valence-corrected chi connectivity index (χ3v) is 3.42. The molecule has 0 fully saturated rings. The predicted molar refractivity (Wildman–Crippen MR) is 90.0 cm³/mol. The number of rotatable bonds is 4. The van der Waals surface area contributed by atoms with Crippen molar-refractivity contribution in [1.82, 2.24) is 0 Å². The zero-order valence-corrected chi connectivity index (χ0v) is 12.5. The van der Waals surface area contributed by atoms with Crippen molar-refractivity contribution in [2.24, 2.45) is 0 Å². The number of hydrogen-bond acceptors (Lipinski definition) is 2. The topological polar surface area (TPSA) is 35.8 Å². The van der Waals surface area contributed by atoms with Crippen molar-refractivity contribution in [3.63, 3.8) is 0 Å². The molecule has 0 atom stereocenters. The van der Waals surface area contributed by atoms with Crippen molar-refractivity contribution in [1.29, 1.82) is 5.26 Å². The Morgan fingerprint density at radius 3 is 2.43 bits per heavy atom. The molecule has 0 aromatic heterocycles. The second-order valence-corrected chi connectivity index (χ2v) is 5.14. The summed E-state index contributed by atoms with van der Waals surface area (Å²) < 4.78 is 0. The van der Waals surface area contributed by atoms with Gasteiger partial charge in [-0.2, -0.15) is 5.26 Å². The molecular formula is C18H15ClN2. The molecule has 0 radical (unpaired) electrons. The number of nitrogens with zero attached hydrogens (tertiary/aromatic N) is 1. The molecule has 0 bridgehead atoms. The summed E-state index contributed by atoms with van der Waals surface area (Å²) in [6, 6.07) is 15.2. The number of allylic oxidation sites excluding steroid dienone is 1. The second kappa shape index (κ2) is 6.30. The van der Waals surface area contributed by atoms with Crippen LogP contribution in [-0.4, -0.2) is 0 Å². The van der Waals surface area contributed by atoms with Gasteiger partial charge in [-0.3, -0.25) is 0 Å². The van der Waals surface area contributed by atoms with Gasteiger partial charge in [0.05, 0.1) is 10.6 Å². The molecule has 0 aliphatic heterocycles. The third-order valence-electron chi connectivity index (χ3n) is 3.09. The summed E-state index contributed by atoms with van der Waals surface area (Å²) in [7, 11) is 0. The van der Waals surface area contributed by atoms with Crippen LogP contribution in [0.3, 0.4) is 0 Å². The molecule has 3 heteroatoms. The van der Waals surface area contributed by atoms with E-state index < -0.39 is 0 Å². The molecule has 21 heavy (non-hydrogen) atoms. The van der Waals surface area contributed by atoms with Crippen molar-refractivity contribution in [3.8, 4) is 6.07 Å². The van der Waals surface area contributed by atoms with Gasteiger partial charge >= 0.3 is 0 Å². The summed E-state index contributed by atoms with van der Waals surface area (Å²) in [5.74, 6) is 0. The van der Waals surface area contributed by atoms with Crippen LogP contribution in [0.2, 0.25) is 5.02 Å². The lowest BCUT2D eigenvalue weighted by Crippen LogP contribution is -2.00. The second-order valence-electron chi connectivity index (χ2n) is 4.74. The molecule has 0 unspecified atom stereocenters. The minimum atomic E-state index is 0.433. The molecule has 0 saturated carbocycles. The smallest absolute Gasteiger partial charge is 0.101 e. The van der Waals surface area contributed by atoms with Crippen LogP contribution in [0.5, 0.6) is 0 Å². The van der Waals surface area contributed by atoms with Gasteiger partial charge in [0.25, 0.3) is 0 Å². The quantitative estimate of drug-likeness (QED) is 0.827. The fourth-order valence-electron chi connectivity index (χ4n) is 2.05. The largest absolute Gasteiger partial charge is 0.355 e. The maximum Gasteiger partial charge on any atom is 0.101 e. The zero-order chi connectivity index (χ0) is 15.4. The van der Waals surface area contributed by atoms with Gasteiger partial charge in [-0.15, -0.1) is 0 Å². The van der Waals surface area contributed by atoms with Gasteiger partial charge in [-0.05, 0) is 30.7 Å². The van der Waals surface area contributed by atoms with Gasteiger partial charge in [-0.25, -0.2) is 0 Å². The lowest BCUT2D eigenvalue weighted by molar-refractivity contribution is 1.46. The Balaban J connectivity index is 2.31. The van der Waals surface area contributed by atoms with E-state index in [1.807, 2.05) is 37.3 Å². The highest BCUT2D eigenvalue weighted by Crippen LogP contribution is 2.26. The van der Waals surface area contributed by atoms with Crippen molar-refractivity contribution in [3.05, 3.63) is 77.3 Å². The number of benzene rings is 2. The van der Waals surface area contributed by atoms with Crippen LogP contribution >= 0.6 is 11.6 Å².